The lowest BCUT2D eigenvalue weighted by molar-refractivity contribution is 0.0955. The van der Waals surface area contributed by atoms with E-state index in [0.29, 0.717) is 23.7 Å². The Morgan fingerprint density at radius 3 is 2.48 bits per heavy atom. The zero-order valence-electron chi connectivity index (χ0n) is 15.9. The van der Waals surface area contributed by atoms with Gasteiger partial charge in [0.1, 0.15) is 0 Å². The molecule has 1 saturated carbocycles. The Balaban J connectivity index is 0.00000261. The van der Waals surface area contributed by atoms with Crippen LogP contribution in [0.2, 0.25) is 5.02 Å². The summed E-state index contributed by atoms with van der Waals surface area (Å²) >= 11 is 6.06. The van der Waals surface area contributed by atoms with Crippen molar-refractivity contribution in [2.24, 2.45) is 16.8 Å². The van der Waals surface area contributed by atoms with E-state index in [4.69, 9.17) is 16.6 Å². The Labute approximate surface area is 184 Å². The lowest BCUT2D eigenvalue weighted by atomic mass is 9.82. The van der Waals surface area contributed by atoms with E-state index in [-0.39, 0.29) is 29.9 Å². The summed E-state index contributed by atoms with van der Waals surface area (Å²) in [5.41, 5.74) is 0.508. The van der Waals surface area contributed by atoms with E-state index >= 15 is 0 Å². The highest BCUT2D eigenvalue weighted by molar-refractivity contribution is 14.0. The van der Waals surface area contributed by atoms with Crippen molar-refractivity contribution in [3.8, 4) is 0 Å². The molecule has 0 radical (unpaired) electrons. The first-order valence-corrected chi connectivity index (χ1v) is 10.1. The summed E-state index contributed by atoms with van der Waals surface area (Å²) < 4.78 is 0. The quantitative estimate of drug-likeness (QED) is 0.278. The molecule has 2 aliphatic rings. The van der Waals surface area contributed by atoms with Gasteiger partial charge in [-0.05, 0) is 43.7 Å². The molecular formula is C20H30ClIN4O. The van der Waals surface area contributed by atoms with Crippen molar-refractivity contribution >= 4 is 47.4 Å². The second-order valence-corrected chi connectivity index (χ2v) is 7.59. The molecule has 2 fully saturated rings. The van der Waals surface area contributed by atoms with Gasteiger partial charge in [0.15, 0.2) is 5.96 Å². The number of benzene rings is 1. The number of carbonyl (C=O) groups excluding carboxylic acids is 1. The van der Waals surface area contributed by atoms with Gasteiger partial charge in [0.05, 0.1) is 17.1 Å². The van der Waals surface area contributed by atoms with Crippen LogP contribution in [0.3, 0.4) is 0 Å². The largest absolute Gasteiger partial charge is 0.357 e. The number of fused-ring (bicyclic) bond motifs is 1. The highest BCUT2D eigenvalue weighted by atomic mass is 127. The Kier molecular flexibility index (Phi) is 9.15. The van der Waals surface area contributed by atoms with Crippen molar-refractivity contribution in [3.05, 3.63) is 34.9 Å². The summed E-state index contributed by atoms with van der Waals surface area (Å²) in [7, 11) is 0. The van der Waals surface area contributed by atoms with Gasteiger partial charge in [0.2, 0.25) is 0 Å². The van der Waals surface area contributed by atoms with Gasteiger partial charge in [-0.1, -0.05) is 36.6 Å². The van der Waals surface area contributed by atoms with Crippen molar-refractivity contribution < 1.29 is 4.79 Å². The van der Waals surface area contributed by atoms with Crippen LogP contribution < -0.4 is 10.6 Å². The van der Waals surface area contributed by atoms with Crippen LogP contribution in [0.15, 0.2) is 29.3 Å². The number of hydrogen-bond acceptors (Lipinski definition) is 2. The minimum atomic E-state index is -0.150. The molecule has 1 heterocycles. The number of carbonyl (C=O) groups is 1. The molecule has 1 aliphatic heterocycles. The monoisotopic (exact) mass is 504 g/mol. The lowest BCUT2D eigenvalue weighted by Gasteiger charge is -2.22. The fraction of sp³-hybridized carbons (Fsp3) is 0.600. The average Bonchev–Trinajstić information content (AvgIpc) is 3.08. The van der Waals surface area contributed by atoms with Gasteiger partial charge < -0.3 is 15.5 Å². The summed E-state index contributed by atoms with van der Waals surface area (Å²) in [6.45, 7) is 6.24. The maximum Gasteiger partial charge on any atom is 0.252 e. The van der Waals surface area contributed by atoms with Crippen molar-refractivity contribution in [1.29, 1.82) is 0 Å². The minimum absolute atomic E-state index is 0. The molecule has 150 valence electrons. The van der Waals surface area contributed by atoms with Gasteiger partial charge in [-0.2, -0.15) is 0 Å². The molecule has 0 aromatic heterocycles. The second kappa shape index (κ2) is 11.1. The van der Waals surface area contributed by atoms with E-state index in [1.807, 2.05) is 12.1 Å². The normalized spacial score (nSPS) is 22.0. The van der Waals surface area contributed by atoms with Gasteiger partial charge in [-0.25, -0.2) is 0 Å². The van der Waals surface area contributed by atoms with Gasteiger partial charge in [-0.15, -0.1) is 24.0 Å². The molecule has 3 rings (SSSR count). The van der Waals surface area contributed by atoms with Crippen LogP contribution >= 0.6 is 35.6 Å². The molecule has 5 nitrogen and oxygen atoms in total. The predicted molar refractivity (Wildman–Crippen MR) is 122 cm³/mol. The summed E-state index contributed by atoms with van der Waals surface area (Å²) in [4.78, 5) is 19.3. The van der Waals surface area contributed by atoms with Crippen LogP contribution in [0.1, 0.15) is 43.0 Å². The highest BCUT2D eigenvalue weighted by Gasteiger charge is 2.35. The third-order valence-electron chi connectivity index (χ3n) is 5.39. The third kappa shape index (κ3) is 5.98. The molecule has 1 aliphatic carbocycles. The lowest BCUT2D eigenvalue weighted by Crippen LogP contribution is -2.41. The van der Waals surface area contributed by atoms with Crippen molar-refractivity contribution in [1.82, 2.24) is 15.5 Å². The van der Waals surface area contributed by atoms with Crippen molar-refractivity contribution in [2.45, 2.75) is 32.6 Å². The first-order valence-electron chi connectivity index (χ1n) is 9.75. The fourth-order valence-corrected chi connectivity index (χ4v) is 4.30. The topological polar surface area (TPSA) is 56.7 Å². The van der Waals surface area contributed by atoms with E-state index in [1.54, 1.807) is 12.1 Å². The second-order valence-electron chi connectivity index (χ2n) is 7.18. The molecule has 2 unspecified atom stereocenters. The first kappa shape index (κ1) is 22.3. The molecule has 2 N–H and O–H groups in total. The first-order chi connectivity index (χ1) is 12.7. The number of halogens is 2. The zero-order chi connectivity index (χ0) is 18.4. The summed E-state index contributed by atoms with van der Waals surface area (Å²) in [5.74, 6) is 2.48. The number of amides is 1. The molecule has 1 saturated heterocycles. The fourth-order valence-electron chi connectivity index (χ4n) is 4.08. The molecular weight excluding hydrogens is 475 g/mol. The molecule has 0 bridgehead atoms. The van der Waals surface area contributed by atoms with Crippen LogP contribution in [-0.4, -0.2) is 49.5 Å². The van der Waals surface area contributed by atoms with Crippen LogP contribution in [0.25, 0.3) is 0 Å². The number of guanidine groups is 1. The number of nitrogens with one attached hydrogen (secondary N) is 2. The molecule has 0 spiro atoms. The van der Waals surface area contributed by atoms with E-state index in [1.165, 1.54) is 25.7 Å². The standard InChI is InChI=1S/C20H29ClN4O.HI/c1-2-22-20(25-13-15-7-3-4-8-16(15)14-25)24-12-11-23-19(26)17-9-5-6-10-18(17)21;/h5-6,9-10,15-16H,2-4,7-8,11-14H2,1H3,(H,22,24)(H,23,26);1H. The minimum Gasteiger partial charge on any atom is -0.357 e. The van der Waals surface area contributed by atoms with Gasteiger partial charge in [-0.3, -0.25) is 9.79 Å². The Morgan fingerprint density at radius 1 is 1.19 bits per heavy atom. The van der Waals surface area contributed by atoms with Gasteiger partial charge in [0, 0.05) is 26.2 Å². The van der Waals surface area contributed by atoms with E-state index in [2.05, 4.69) is 22.5 Å². The van der Waals surface area contributed by atoms with E-state index in [9.17, 15) is 4.79 Å². The number of rotatable bonds is 5. The van der Waals surface area contributed by atoms with Gasteiger partial charge in [0.25, 0.3) is 5.91 Å². The zero-order valence-corrected chi connectivity index (χ0v) is 19.0. The third-order valence-corrected chi connectivity index (χ3v) is 5.72. The maximum absolute atomic E-state index is 12.2. The maximum atomic E-state index is 12.2. The Bertz CT molecular complexity index is 641. The SMILES string of the molecule is CCNC(=NCCNC(=O)c1ccccc1Cl)N1CC2CCCCC2C1.I. The molecule has 1 aromatic rings. The molecule has 1 aromatic carbocycles. The van der Waals surface area contributed by atoms with Crippen LogP contribution in [0.5, 0.6) is 0 Å². The Morgan fingerprint density at radius 2 is 1.85 bits per heavy atom. The molecule has 1 amide bonds. The summed E-state index contributed by atoms with van der Waals surface area (Å²) in [6, 6.07) is 7.09. The number of aliphatic imine (C=N–C) groups is 1. The Hall–Kier alpha value is -1.02. The smallest absolute Gasteiger partial charge is 0.252 e. The van der Waals surface area contributed by atoms with E-state index in [0.717, 1.165) is 37.4 Å². The highest BCUT2D eigenvalue weighted by Crippen LogP contribution is 2.35. The number of nitrogens with zero attached hydrogens (tertiary/aromatic N) is 2. The van der Waals surface area contributed by atoms with Crippen LogP contribution in [0, 0.1) is 11.8 Å². The molecule has 27 heavy (non-hydrogen) atoms. The van der Waals surface area contributed by atoms with Crippen LogP contribution in [-0.2, 0) is 0 Å². The van der Waals surface area contributed by atoms with Gasteiger partial charge >= 0.3 is 0 Å². The predicted octanol–water partition coefficient (Wildman–Crippen LogP) is 3.78. The van der Waals surface area contributed by atoms with Crippen molar-refractivity contribution in [3.63, 3.8) is 0 Å². The molecule has 2 atom stereocenters. The average molecular weight is 505 g/mol. The van der Waals surface area contributed by atoms with Crippen molar-refractivity contribution in [2.75, 3.05) is 32.7 Å². The van der Waals surface area contributed by atoms with E-state index < -0.39 is 0 Å². The number of likely N-dealkylation sites (tertiary alicyclic amines) is 1. The summed E-state index contributed by atoms with van der Waals surface area (Å²) in [5, 5.41) is 6.78. The number of hydrogen-bond donors (Lipinski definition) is 2. The summed E-state index contributed by atoms with van der Waals surface area (Å²) in [6.07, 6.45) is 5.45. The van der Waals surface area contributed by atoms with Crippen LogP contribution in [0.4, 0.5) is 0 Å². The molecule has 7 heteroatoms.